The molecular formula is C13H9N5NiO9S2. The molecular weight excluding hydrogens is 493 g/mol. The maximum atomic E-state index is 11.5. The van der Waals surface area contributed by atoms with Crippen LogP contribution in [0.15, 0.2) is 59.5 Å². The zero-order chi connectivity index (χ0) is 21.6. The minimum atomic E-state index is -4.91. The average Bonchev–Trinajstić information content (AvgIpc) is 3.07. The minimum Gasteiger partial charge on any atom is -0.504 e. The van der Waals surface area contributed by atoms with Crippen molar-refractivity contribution in [1.29, 1.82) is 0 Å². The van der Waals surface area contributed by atoms with Crippen molar-refractivity contribution in [2.24, 2.45) is 25.4 Å². The van der Waals surface area contributed by atoms with E-state index >= 15 is 0 Å². The van der Waals surface area contributed by atoms with Gasteiger partial charge in [-0.2, -0.15) is 16.8 Å². The Morgan fingerprint density at radius 3 is 2.27 bits per heavy atom. The number of carboxylic acids is 1. The number of hydrogen-bond donors (Lipinski definition) is 4. The first-order valence-corrected chi connectivity index (χ1v) is 10.1. The fourth-order valence-corrected chi connectivity index (χ4v) is 3.43. The number of phenolic OH excluding ortho intramolecular Hbond substituents is 1. The standard InChI is InChI=1S/C13H9N5O9S2.Ni/c19-10-8(29(25,26)27)3-5-1-2-6(28(22,23)24)4-7(5)9(10)15-17-13-14-11(12(20)21)16-18-13;/h1-4,13,19H,(H,20,21)(H,22,23,24)(H,25,26,27);. The van der Waals surface area contributed by atoms with Crippen LogP contribution in [-0.4, -0.2) is 54.2 Å². The second kappa shape index (κ2) is 8.12. The summed E-state index contributed by atoms with van der Waals surface area (Å²) in [6.07, 6.45) is -1.45. The third-order valence-electron chi connectivity index (χ3n) is 3.55. The summed E-state index contributed by atoms with van der Waals surface area (Å²) in [4.78, 5) is 12.7. The summed E-state index contributed by atoms with van der Waals surface area (Å²) < 4.78 is 64.3. The fraction of sp³-hybridized carbons (Fsp3) is 0.0769. The van der Waals surface area contributed by atoms with Crippen molar-refractivity contribution in [3.05, 3.63) is 24.3 Å². The molecule has 0 saturated heterocycles. The van der Waals surface area contributed by atoms with Crippen LogP contribution in [0.25, 0.3) is 10.8 Å². The van der Waals surface area contributed by atoms with Crippen molar-refractivity contribution in [1.82, 2.24) is 0 Å². The van der Waals surface area contributed by atoms with Gasteiger partial charge in [0.15, 0.2) is 5.75 Å². The Kier molecular flexibility index (Phi) is 6.34. The predicted octanol–water partition coefficient (Wildman–Crippen LogP) is 1.35. The summed E-state index contributed by atoms with van der Waals surface area (Å²) in [6.45, 7) is 0. The molecule has 0 aliphatic carbocycles. The smallest absolute Gasteiger partial charge is 0.375 e. The maximum Gasteiger partial charge on any atom is 0.375 e. The molecule has 3 rings (SSSR count). The number of carbonyl (C=O) groups is 1. The van der Waals surface area contributed by atoms with Crippen LogP contribution >= 0.6 is 0 Å². The van der Waals surface area contributed by atoms with Crippen LogP contribution in [-0.2, 0) is 41.5 Å². The number of carboxylic acid groups (broad SMARTS) is 1. The van der Waals surface area contributed by atoms with Gasteiger partial charge in [0.25, 0.3) is 32.4 Å². The van der Waals surface area contributed by atoms with E-state index in [2.05, 4.69) is 25.4 Å². The summed E-state index contributed by atoms with van der Waals surface area (Å²) in [6, 6.07) is 3.79. The average molecular weight is 502 g/mol. The molecule has 162 valence electrons. The van der Waals surface area contributed by atoms with Crippen LogP contribution in [0.4, 0.5) is 5.69 Å². The maximum absolute atomic E-state index is 11.5. The first kappa shape index (κ1) is 23.4. The quantitative estimate of drug-likeness (QED) is 0.262. The van der Waals surface area contributed by atoms with Crippen molar-refractivity contribution in [2.75, 3.05) is 0 Å². The van der Waals surface area contributed by atoms with E-state index < -0.39 is 59.6 Å². The van der Waals surface area contributed by atoms with E-state index in [0.29, 0.717) is 0 Å². The van der Waals surface area contributed by atoms with Crippen LogP contribution in [0.3, 0.4) is 0 Å². The van der Waals surface area contributed by atoms with Crippen molar-refractivity contribution >= 4 is 48.5 Å². The summed E-state index contributed by atoms with van der Waals surface area (Å²) in [5, 5.41) is 32.6. The van der Waals surface area contributed by atoms with Gasteiger partial charge in [-0.25, -0.2) is 9.79 Å². The van der Waals surface area contributed by atoms with Crippen LogP contribution < -0.4 is 0 Å². The Bertz CT molecular complexity index is 1350. The van der Waals surface area contributed by atoms with Gasteiger partial charge >= 0.3 is 5.97 Å². The number of amidine groups is 1. The van der Waals surface area contributed by atoms with Gasteiger partial charge in [0.2, 0.25) is 0 Å². The van der Waals surface area contributed by atoms with Crippen molar-refractivity contribution in [3.63, 3.8) is 0 Å². The number of hydrogen-bond acceptors (Lipinski definition) is 11. The summed E-state index contributed by atoms with van der Waals surface area (Å²) in [5.41, 5.74) is -0.602. The van der Waals surface area contributed by atoms with Crippen LogP contribution in [0, 0.1) is 0 Å². The molecule has 0 fully saturated rings. The largest absolute Gasteiger partial charge is 0.504 e. The van der Waals surface area contributed by atoms with Gasteiger partial charge in [-0.15, -0.1) is 20.5 Å². The monoisotopic (exact) mass is 501 g/mol. The van der Waals surface area contributed by atoms with E-state index in [1.165, 1.54) is 0 Å². The van der Waals surface area contributed by atoms with E-state index in [4.69, 9.17) is 5.11 Å². The number of aliphatic carboxylic acids is 1. The number of azo groups is 2. The first-order chi connectivity index (χ1) is 13.4. The van der Waals surface area contributed by atoms with Gasteiger partial charge in [-0.3, -0.25) is 9.11 Å². The molecule has 0 radical (unpaired) electrons. The summed E-state index contributed by atoms with van der Waals surface area (Å²) in [7, 11) is -9.56. The Balaban J connectivity index is 0.00000320. The van der Waals surface area contributed by atoms with Crippen LogP contribution in [0.5, 0.6) is 5.75 Å². The SMILES string of the molecule is O=C(O)C1=NC(N=Nc2c(O)c(S(=O)(=O)O)cc3ccc(S(=O)(=O)O)cc23)N=N1.[Ni]. The predicted molar refractivity (Wildman–Crippen MR) is 93.5 cm³/mol. The van der Waals surface area contributed by atoms with Gasteiger partial charge in [0, 0.05) is 21.9 Å². The Labute approximate surface area is 177 Å². The number of benzene rings is 2. The van der Waals surface area contributed by atoms with Gasteiger partial charge < -0.3 is 10.2 Å². The number of rotatable bonds is 5. The molecule has 1 unspecified atom stereocenters. The second-order valence-electron chi connectivity index (χ2n) is 5.44. The van der Waals surface area contributed by atoms with Gasteiger partial charge in [-0.1, -0.05) is 6.07 Å². The molecule has 0 bridgehead atoms. The minimum absolute atomic E-state index is 0. The molecule has 0 aromatic heterocycles. The number of aromatic hydroxyl groups is 1. The van der Waals surface area contributed by atoms with E-state index in [9.17, 15) is 35.8 Å². The molecule has 0 saturated carbocycles. The third-order valence-corrected chi connectivity index (χ3v) is 5.26. The molecule has 14 nitrogen and oxygen atoms in total. The molecule has 30 heavy (non-hydrogen) atoms. The number of nitrogens with zero attached hydrogens (tertiary/aromatic N) is 5. The molecule has 4 N–H and O–H groups in total. The van der Waals surface area contributed by atoms with Gasteiger partial charge in [-0.05, 0) is 23.6 Å². The van der Waals surface area contributed by atoms with E-state index in [1.807, 2.05) is 0 Å². The Morgan fingerprint density at radius 1 is 1.07 bits per heavy atom. The van der Waals surface area contributed by atoms with Crippen LogP contribution in [0.1, 0.15) is 0 Å². The van der Waals surface area contributed by atoms with Crippen molar-refractivity contribution in [2.45, 2.75) is 16.1 Å². The molecule has 1 aliphatic rings. The Morgan fingerprint density at radius 2 is 1.73 bits per heavy atom. The van der Waals surface area contributed by atoms with E-state index in [0.717, 1.165) is 24.3 Å². The zero-order valence-electron chi connectivity index (χ0n) is 14.1. The topological polar surface area (TPSA) is 228 Å². The fourth-order valence-electron chi connectivity index (χ4n) is 2.30. The molecule has 1 aliphatic heterocycles. The number of fused-ring (bicyclic) bond motifs is 1. The molecule has 17 heteroatoms. The molecule has 1 heterocycles. The number of aliphatic imine (C=N–C) groups is 1. The molecule has 2 aromatic rings. The molecule has 2 aromatic carbocycles. The second-order valence-corrected chi connectivity index (χ2v) is 8.25. The van der Waals surface area contributed by atoms with Gasteiger partial charge in [0.05, 0.1) is 4.90 Å². The van der Waals surface area contributed by atoms with Crippen molar-refractivity contribution in [3.8, 4) is 5.75 Å². The summed E-state index contributed by atoms with van der Waals surface area (Å²) in [5.74, 6) is -3.22. The zero-order valence-corrected chi connectivity index (χ0v) is 16.7. The van der Waals surface area contributed by atoms with Crippen LogP contribution in [0.2, 0.25) is 0 Å². The van der Waals surface area contributed by atoms with Gasteiger partial charge in [0.1, 0.15) is 10.6 Å². The number of phenols is 1. The molecule has 0 amide bonds. The van der Waals surface area contributed by atoms with E-state index in [-0.39, 0.29) is 27.3 Å². The molecule has 0 spiro atoms. The third kappa shape index (κ3) is 4.65. The normalized spacial score (nSPS) is 16.6. The summed E-state index contributed by atoms with van der Waals surface area (Å²) >= 11 is 0. The Hall–Kier alpha value is -2.85. The first-order valence-electron chi connectivity index (χ1n) is 7.25. The van der Waals surface area contributed by atoms with Crippen molar-refractivity contribution < 1.29 is 57.4 Å². The molecule has 1 atom stereocenters. The van der Waals surface area contributed by atoms with E-state index in [1.54, 1.807) is 0 Å².